The Hall–Kier alpha value is -3.07. The number of hydrogen-bond donors (Lipinski definition) is 2. The lowest BCUT2D eigenvalue weighted by Crippen LogP contribution is -2.18. The Morgan fingerprint density at radius 2 is 2.20 bits per heavy atom. The van der Waals surface area contributed by atoms with E-state index in [0.29, 0.717) is 23.0 Å². The number of halogens is 1. The molecular weight excluding hydrogens is 329 g/mol. The molecule has 25 heavy (non-hydrogen) atoms. The highest BCUT2D eigenvalue weighted by atomic mass is 19.1. The monoisotopic (exact) mass is 345 g/mol. The summed E-state index contributed by atoms with van der Waals surface area (Å²) in [6, 6.07) is 6.32. The van der Waals surface area contributed by atoms with Crippen LogP contribution in [0.5, 0.6) is 0 Å². The molecule has 0 bridgehead atoms. The number of H-pyrrole nitrogens is 1. The molecule has 0 aliphatic rings. The summed E-state index contributed by atoms with van der Waals surface area (Å²) < 4.78 is 23.9. The smallest absolute Gasteiger partial charge is 0.252 e. The van der Waals surface area contributed by atoms with Gasteiger partial charge in [0.15, 0.2) is 11.6 Å². The Bertz CT molecular complexity index is 890. The fraction of sp³-hybridized carbons (Fsp3) is 0.250. The zero-order chi connectivity index (χ0) is 17.8. The van der Waals surface area contributed by atoms with Gasteiger partial charge in [-0.15, -0.1) is 0 Å². The number of carbonyl (C=O) groups excluding carboxylic acids is 1. The van der Waals surface area contributed by atoms with Crippen molar-refractivity contribution in [3.05, 3.63) is 47.4 Å². The molecule has 3 rings (SSSR count). The first kappa shape index (κ1) is 16.8. The van der Waals surface area contributed by atoms with Crippen LogP contribution < -0.4 is 5.32 Å². The predicted octanol–water partition coefficient (Wildman–Crippen LogP) is 2.37. The number of benzene rings is 1. The van der Waals surface area contributed by atoms with E-state index >= 15 is 0 Å². The van der Waals surface area contributed by atoms with Crippen LogP contribution in [-0.4, -0.2) is 32.9 Å². The molecule has 130 valence electrons. The molecule has 0 aliphatic carbocycles. The molecule has 9 heteroatoms. The maximum absolute atomic E-state index is 13.9. The fourth-order valence-corrected chi connectivity index (χ4v) is 2.18. The Balaban J connectivity index is 1.55. The first-order valence-corrected chi connectivity index (χ1v) is 7.50. The quantitative estimate of drug-likeness (QED) is 0.710. The Morgan fingerprint density at radius 1 is 1.36 bits per heavy atom. The topological polar surface area (TPSA) is 106 Å². The van der Waals surface area contributed by atoms with Crippen molar-refractivity contribution in [2.45, 2.75) is 20.5 Å². The van der Waals surface area contributed by atoms with Gasteiger partial charge >= 0.3 is 0 Å². The minimum atomic E-state index is -0.404. The normalized spacial score (nSPS) is 10.8. The standard InChI is InChI=1S/C16H16FN5O3/c1-9-3-4-12(17)11(5-9)13-6-14(21-20-13)19-15(23)7-24-8-16-18-10(2)22-25-16/h3-6H,7-8H2,1-2H3,(H2,19,20,21,23). The zero-order valence-electron chi connectivity index (χ0n) is 13.7. The van der Waals surface area contributed by atoms with Gasteiger partial charge in [0.25, 0.3) is 11.8 Å². The number of rotatable bonds is 6. The third-order valence-electron chi connectivity index (χ3n) is 3.29. The largest absolute Gasteiger partial charge is 0.362 e. The molecule has 2 heterocycles. The molecule has 0 saturated heterocycles. The number of carbonyl (C=O) groups is 1. The number of nitrogens with one attached hydrogen (secondary N) is 2. The molecule has 2 N–H and O–H groups in total. The van der Waals surface area contributed by atoms with Crippen molar-refractivity contribution in [1.29, 1.82) is 0 Å². The highest BCUT2D eigenvalue weighted by Gasteiger charge is 2.11. The Labute approximate surface area is 142 Å². The van der Waals surface area contributed by atoms with Crippen molar-refractivity contribution in [2.24, 2.45) is 0 Å². The second-order valence-electron chi connectivity index (χ2n) is 5.43. The molecule has 3 aromatic rings. The molecule has 0 spiro atoms. The van der Waals surface area contributed by atoms with E-state index in [1.807, 2.05) is 6.92 Å². The lowest BCUT2D eigenvalue weighted by molar-refractivity contribution is -0.121. The minimum absolute atomic E-state index is 0.0363. The molecule has 1 aromatic carbocycles. The number of aromatic amines is 1. The van der Waals surface area contributed by atoms with Crippen molar-refractivity contribution < 1.29 is 18.4 Å². The van der Waals surface area contributed by atoms with Crippen LogP contribution in [0.15, 0.2) is 28.8 Å². The number of nitrogens with zero attached hydrogens (tertiary/aromatic N) is 3. The molecule has 0 unspecified atom stereocenters. The van der Waals surface area contributed by atoms with Gasteiger partial charge in [-0.25, -0.2) is 4.39 Å². The van der Waals surface area contributed by atoms with Crippen molar-refractivity contribution in [1.82, 2.24) is 20.3 Å². The highest BCUT2D eigenvalue weighted by Crippen LogP contribution is 2.23. The molecule has 0 saturated carbocycles. The summed E-state index contributed by atoms with van der Waals surface area (Å²) >= 11 is 0. The predicted molar refractivity (Wildman–Crippen MR) is 86.0 cm³/mol. The molecule has 0 atom stereocenters. The van der Waals surface area contributed by atoms with E-state index in [0.717, 1.165) is 5.56 Å². The number of anilines is 1. The van der Waals surface area contributed by atoms with Crippen LogP contribution in [-0.2, 0) is 16.1 Å². The van der Waals surface area contributed by atoms with Crippen LogP contribution >= 0.6 is 0 Å². The number of aryl methyl sites for hydroxylation is 2. The summed E-state index contributed by atoms with van der Waals surface area (Å²) in [7, 11) is 0. The maximum atomic E-state index is 13.9. The van der Waals surface area contributed by atoms with Crippen LogP contribution in [0.2, 0.25) is 0 Å². The first-order chi connectivity index (χ1) is 12.0. The number of ether oxygens (including phenoxy) is 1. The van der Waals surface area contributed by atoms with Gasteiger partial charge in [0.05, 0.1) is 5.69 Å². The molecule has 0 fully saturated rings. The first-order valence-electron chi connectivity index (χ1n) is 7.50. The summed E-state index contributed by atoms with van der Waals surface area (Å²) in [4.78, 5) is 15.8. The van der Waals surface area contributed by atoms with E-state index < -0.39 is 5.91 Å². The van der Waals surface area contributed by atoms with Crippen LogP contribution in [0.4, 0.5) is 10.2 Å². The van der Waals surface area contributed by atoms with E-state index in [4.69, 9.17) is 9.26 Å². The van der Waals surface area contributed by atoms with Crippen LogP contribution in [0.25, 0.3) is 11.3 Å². The van der Waals surface area contributed by atoms with Gasteiger partial charge in [-0.2, -0.15) is 10.1 Å². The Kier molecular flexibility index (Phi) is 4.85. The third-order valence-corrected chi connectivity index (χ3v) is 3.29. The summed E-state index contributed by atoms with van der Waals surface area (Å²) in [5.74, 6) is 0.292. The fourth-order valence-electron chi connectivity index (χ4n) is 2.18. The number of amides is 1. The van der Waals surface area contributed by atoms with Gasteiger partial charge < -0.3 is 14.6 Å². The summed E-state index contributed by atoms with van der Waals surface area (Å²) in [5, 5.41) is 12.8. The van der Waals surface area contributed by atoms with E-state index in [2.05, 4.69) is 25.7 Å². The zero-order valence-corrected chi connectivity index (χ0v) is 13.7. The van der Waals surface area contributed by atoms with Crippen molar-refractivity contribution in [2.75, 3.05) is 11.9 Å². The van der Waals surface area contributed by atoms with Crippen molar-refractivity contribution >= 4 is 11.7 Å². The lowest BCUT2D eigenvalue weighted by atomic mass is 10.1. The second kappa shape index (κ2) is 7.22. The summed E-state index contributed by atoms with van der Waals surface area (Å²) in [6.07, 6.45) is 0. The summed E-state index contributed by atoms with van der Waals surface area (Å²) in [6.45, 7) is 3.38. The number of hydrogen-bond acceptors (Lipinski definition) is 6. The maximum Gasteiger partial charge on any atom is 0.252 e. The molecule has 1 amide bonds. The van der Waals surface area contributed by atoms with Crippen LogP contribution in [0, 0.1) is 19.7 Å². The van der Waals surface area contributed by atoms with Crippen LogP contribution in [0.3, 0.4) is 0 Å². The van der Waals surface area contributed by atoms with E-state index in [1.54, 1.807) is 25.1 Å². The van der Waals surface area contributed by atoms with Crippen molar-refractivity contribution in [3.63, 3.8) is 0 Å². The minimum Gasteiger partial charge on any atom is -0.362 e. The number of aromatic nitrogens is 4. The highest BCUT2D eigenvalue weighted by molar-refractivity contribution is 5.91. The van der Waals surface area contributed by atoms with E-state index in [-0.39, 0.29) is 24.8 Å². The molecule has 2 aromatic heterocycles. The second-order valence-corrected chi connectivity index (χ2v) is 5.43. The SMILES string of the molecule is Cc1ccc(F)c(-c2cc(NC(=O)COCc3nc(C)no3)n[nH]2)c1. The molecule has 0 aliphatic heterocycles. The van der Waals surface area contributed by atoms with E-state index in [1.165, 1.54) is 6.07 Å². The van der Waals surface area contributed by atoms with Gasteiger partial charge in [0, 0.05) is 11.6 Å². The van der Waals surface area contributed by atoms with Gasteiger partial charge in [-0.05, 0) is 26.0 Å². The third kappa shape index (κ3) is 4.27. The average Bonchev–Trinajstić information content (AvgIpc) is 3.19. The van der Waals surface area contributed by atoms with Gasteiger partial charge in [0.2, 0.25) is 0 Å². The average molecular weight is 345 g/mol. The molecule has 0 radical (unpaired) electrons. The Morgan fingerprint density at radius 3 is 2.96 bits per heavy atom. The van der Waals surface area contributed by atoms with Crippen molar-refractivity contribution in [3.8, 4) is 11.3 Å². The molecular formula is C16H16FN5O3. The molecule has 8 nitrogen and oxygen atoms in total. The van der Waals surface area contributed by atoms with Gasteiger partial charge in [-0.3, -0.25) is 9.89 Å². The van der Waals surface area contributed by atoms with E-state index in [9.17, 15) is 9.18 Å². The lowest BCUT2D eigenvalue weighted by Gasteiger charge is -2.02. The van der Waals surface area contributed by atoms with Gasteiger partial charge in [-0.1, -0.05) is 16.8 Å². The van der Waals surface area contributed by atoms with Crippen LogP contribution in [0.1, 0.15) is 17.3 Å². The summed E-state index contributed by atoms with van der Waals surface area (Å²) in [5.41, 5.74) is 1.77. The van der Waals surface area contributed by atoms with Gasteiger partial charge in [0.1, 0.15) is 19.0 Å².